The van der Waals surface area contributed by atoms with Gasteiger partial charge in [0.1, 0.15) is 22.9 Å². The van der Waals surface area contributed by atoms with Crippen LogP contribution in [0.1, 0.15) is 90.3 Å². The number of nitrogens with one attached hydrogen (secondary N) is 3. The minimum Gasteiger partial charge on any atom is -0.444 e. The number of pyridine rings is 1. The molecule has 1 saturated carbocycles. The number of carbonyl (C=O) groups excluding carboxylic acids is 2. The molecule has 0 saturated heterocycles. The number of hydrogen-bond donors (Lipinski definition) is 3. The first kappa shape index (κ1) is 29.3. The largest absolute Gasteiger partial charge is 0.444 e. The lowest BCUT2D eigenvalue weighted by atomic mass is 9.85. The van der Waals surface area contributed by atoms with Crippen molar-refractivity contribution in [3.8, 4) is 0 Å². The number of amides is 2. The smallest absolute Gasteiger partial charge is 0.407 e. The SMILES string of the molecule is CC(C)(C)OC(=O)NCC(F)(F)CNC(=O)c1cccc(Nc2cc(C3(C)CCCC3)nn2C(C)(C)C)n1. The lowest BCUT2D eigenvalue weighted by Crippen LogP contribution is -2.46. The summed E-state index contributed by atoms with van der Waals surface area (Å²) in [5, 5.41) is 12.4. The van der Waals surface area contributed by atoms with Crippen molar-refractivity contribution in [2.45, 2.75) is 96.6 Å². The Bertz CT molecular complexity index is 1140. The number of alkyl halides is 2. The summed E-state index contributed by atoms with van der Waals surface area (Å²) >= 11 is 0. The maximum absolute atomic E-state index is 14.3. The van der Waals surface area contributed by atoms with E-state index in [-0.39, 0.29) is 16.6 Å². The third kappa shape index (κ3) is 7.88. The molecule has 2 amide bonds. The van der Waals surface area contributed by atoms with E-state index in [1.807, 2.05) is 16.1 Å². The van der Waals surface area contributed by atoms with Crippen molar-refractivity contribution in [2.75, 3.05) is 18.4 Å². The quantitative estimate of drug-likeness (QED) is 0.413. The van der Waals surface area contributed by atoms with Crippen molar-refractivity contribution in [1.82, 2.24) is 25.4 Å². The molecule has 2 heterocycles. The van der Waals surface area contributed by atoms with Crippen molar-refractivity contribution in [1.29, 1.82) is 0 Å². The van der Waals surface area contributed by atoms with Gasteiger partial charge in [0.25, 0.3) is 11.8 Å². The monoisotopic (exact) mass is 534 g/mol. The summed E-state index contributed by atoms with van der Waals surface area (Å²) in [6.45, 7) is 11.4. The molecule has 210 valence electrons. The predicted octanol–water partition coefficient (Wildman–Crippen LogP) is 5.50. The molecule has 0 atom stereocenters. The average Bonchev–Trinajstić information content (AvgIpc) is 3.43. The highest BCUT2D eigenvalue weighted by molar-refractivity contribution is 5.92. The van der Waals surface area contributed by atoms with E-state index in [2.05, 4.69) is 43.3 Å². The van der Waals surface area contributed by atoms with Crippen LogP contribution in [0, 0.1) is 0 Å². The van der Waals surface area contributed by atoms with Crippen molar-refractivity contribution in [3.63, 3.8) is 0 Å². The molecular weight excluding hydrogens is 494 g/mol. The number of aromatic nitrogens is 3. The standard InChI is InChI=1S/C27H40F2N6O3/c1-24(2,3)35-21(15-19(34-35)26(7)13-8-9-14-26)33-20-12-10-11-18(32-20)22(36)30-16-27(28,29)17-31-23(37)38-25(4,5)6/h10-12,15H,8-9,13-14,16-17H2,1-7H3,(H,30,36)(H,31,37)(H,32,33). The van der Waals surface area contributed by atoms with Crippen molar-refractivity contribution >= 4 is 23.6 Å². The minimum absolute atomic E-state index is 0.0179. The number of alkyl carbamates (subject to hydrolysis) is 1. The number of hydrogen-bond acceptors (Lipinski definition) is 6. The summed E-state index contributed by atoms with van der Waals surface area (Å²) < 4.78 is 35.4. The van der Waals surface area contributed by atoms with Gasteiger partial charge >= 0.3 is 6.09 Å². The fourth-order valence-corrected chi connectivity index (χ4v) is 4.33. The second-order valence-corrected chi connectivity index (χ2v) is 12.2. The van der Waals surface area contributed by atoms with Crippen LogP contribution in [-0.4, -0.2) is 51.4 Å². The van der Waals surface area contributed by atoms with Gasteiger partial charge in [-0.05, 0) is 66.5 Å². The molecule has 9 nitrogen and oxygen atoms in total. The van der Waals surface area contributed by atoms with Crippen LogP contribution in [0.25, 0.3) is 0 Å². The van der Waals surface area contributed by atoms with Crippen molar-refractivity contribution < 1.29 is 23.1 Å². The van der Waals surface area contributed by atoms with Gasteiger partial charge in [-0.15, -0.1) is 0 Å². The van der Waals surface area contributed by atoms with Crippen LogP contribution in [0.2, 0.25) is 0 Å². The Morgan fingerprint density at radius 2 is 1.68 bits per heavy atom. The molecule has 38 heavy (non-hydrogen) atoms. The second-order valence-electron chi connectivity index (χ2n) is 12.2. The first-order valence-electron chi connectivity index (χ1n) is 13.0. The highest BCUT2D eigenvalue weighted by Crippen LogP contribution is 2.41. The van der Waals surface area contributed by atoms with Crippen LogP contribution in [0.3, 0.4) is 0 Å². The number of nitrogens with zero attached hydrogens (tertiary/aromatic N) is 3. The van der Waals surface area contributed by atoms with E-state index in [0.717, 1.165) is 24.4 Å². The molecule has 0 radical (unpaired) electrons. The first-order valence-corrected chi connectivity index (χ1v) is 13.0. The highest BCUT2D eigenvalue weighted by Gasteiger charge is 2.35. The molecule has 0 aromatic carbocycles. The van der Waals surface area contributed by atoms with Gasteiger partial charge in [0.05, 0.1) is 24.3 Å². The van der Waals surface area contributed by atoms with Crippen LogP contribution < -0.4 is 16.0 Å². The van der Waals surface area contributed by atoms with Crippen LogP contribution in [0.4, 0.5) is 25.2 Å². The first-order chi connectivity index (χ1) is 17.5. The second kappa shape index (κ2) is 10.9. The van der Waals surface area contributed by atoms with Gasteiger partial charge in [-0.3, -0.25) is 4.79 Å². The molecule has 11 heteroatoms. The van der Waals surface area contributed by atoms with Gasteiger partial charge in [0, 0.05) is 11.5 Å². The van der Waals surface area contributed by atoms with E-state index in [1.165, 1.54) is 18.9 Å². The topological polar surface area (TPSA) is 110 Å². The van der Waals surface area contributed by atoms with Crippen LogP contribution >= 0.6 is 0 Å². The Morgan fingerprint density at radius 3 is 2.29 bits per heavy atom. The third-order valence-electron chi connectivity index (χ3n) is 6.31. The third-order valence-corrected chi connectivity index (χ3v) is 6.31. The molecule has 1 aliphatic carbocycles. The summed E-state index contributed by atoms with van der Waals surface area (Å²) in [6, 6.07) is 6.81. The highest BCUT2D eigenvalue weighted by atomic mass is 19.3. The lowest BCUT2D eigenvalue weighted by Gasteiger charge is -2.24. The summed E-state index contributed by atoms with van der Waals surface area (Å²) in [5.41, 5.74) is -0.0900. The summed E-state index contributed by atoms with van der Waals surface area (Å²) in [7, 11) is 0. The maximum atomic E-state index is 14.3. The predicted molar refractivity (Wildman–Crippen MR) is 142 cm³/mol. The van der Waals surface area contributed by atoms with Crippen LogP contribution in [0.15, 0.2) is 24.3 Å². The zero-order chi connectivity index (χ0) is 28.4. The van der Waals surface area contributed by atoms with Gasteiger partial charge in [-0.1, -0.05) is 25.8 Å². The number of anilines is 2. The van der Waals surface area contributed by atoms with Gasteiger partial charge < -0.3 is 20.7 Å². The Balaban J connectivity index is 1.67. The Morgan fingerprint density at radius 1 is 1.05 bits per heavy atom. The average molecular weight is 535 g/mol. The molecule has 2 aromatic rings. The van der Waals surface area contributed by atoms with E-state index in [0.29, 0.717) is 5.82 Å². The van der Waals surface area contributed by atoms with E-state index in [9.17, 15) is 18.4 Å². The zero-order valence-electron chi connectivity index (χ0n) is 23.4. The number of rotatable bonds is 8. The Kier molecular flexibility index (Phi) is 8.38. The van der Waals surface area contributed by atoms with E-state index in [4.69, 9.17) is 9.84 Å². The van der Waals surface area contributed by atoms with Gasteiger partial charge in [-0.25, -0.2) is 23.2 Å². The van der Waals surface area contributed by atoms with Gasteiger partial charge in [0.2, 0.25) is 0 Å². The van der Waals surface area contributed by atoms with Gasteiger partial charge in [0.15, 0.2) is 0 Å². The molecule has 0 aliphatic heterocycles. The summed E-state index contributed by atoms with van der Waals surface area (Å²) in [6.07, 6.45) is 3.56. The van der Waals surface area contributed by atoms with E-state index in [1.54, 1.807) is 32.9 Å². The Hall–Kier alpha value is -3.24. The fraction of sp³-hybridized carbons (Fsp3) is 0.630. The summed E-state index contributed by atoms with van der Waals surface area (Å²) in [4.78, 5) is 28.6. The molecule has 1 aliphatic rings. The van der Waals surface area contributed by atoms with E-state index >= 15 is 0 Å². The normalized spacial score (nSPS) is 15.7. The lowest BCUT2D eigenvalue weighted by molar-refractivity contribution is -0.00289. The van der Waals surface area contributed by atoms with Crippen LogP contribution in [-0.2, 0) is 15.7 Å². The molecule has 0 spiro atoms. The molecule has 2 aromatic heterocycles. The van der Waals surface area contributed by atoms with Crippen molar-refractivity contribution in [3.05, 3.63) is 35.7 Å². The van der Waals surface area contributed by atoms with Crippen LogP contribution in [0.5, 0.6) is 0 Å². The van der Waals surface area contributed by atoms with Gasteiger partial charge in [-0.2, -0.15) is 5.10 Å². The molecular formula is C27H40F2N6O3. The molecule has 3 N–H and O–H groups in total. The maximum Gasteiger partial charge on any atom is 0.407 e. The molecule has 0 bridgehead atoms. The van der Waals surface area contributed by atoms with Crippen molar-refractivity contribution in [2.24, 2.45) is 0 Å². The molecule has 1 fully saturated rings. The number of ether oxygens (including phenoxy) is 1. The molecule has 3 rings (SSSR count). The Labute approximate surface area is 223 Å². The minimum atomic E-state index is -3.38. The zero-order valence-corrected chi connectivity index (χ0v) is 23.4. The molecule has 0 unspecified atom stereocenters. The summed E-state index contributed by atoms with van der Waals surface area (Å²) in [5.74, 6) is -3.00. The number of halogens is 2. The fourth-order valence-electron chi connectivity index (χ4n) is 4.33. The van der Waals surface area contributed by atoms with E-state index < -0.39 is 36.6 Å². The number of carbonyl (C=O) groups is 2.